The number of halogens is 6. The van der Waals surface area contributed by atoms with Crippen LogP contribution in [-0.4, -0.2) is 17.4 Å². The van der Waals surface area contributed by atoms with Gasteiger partial charge in [-0.3, -0.25) is 0 Å². The zero-order chi connectivity index (χ0) is 29.4. The molecule has 0 unspecified atom stereocenters. The van der Waals surface area contributed by atoms with E-state index < -0.39 is 34.9 Å². The molecule has 0 saturated heterocycles. The van der Waals surface area contributed by atoms with Gasteiger partial charge in [0.2, 0.25) is 0 Å². The van der Waals surface area contributed by atoms with Crippen molar-refractivity contribution in [3.8, 4) is 11.1 Å². The summed E-state index contributed by atoms with van der Waals surface area (Å²) in [5.41, 5.74) is -0.177. The van der Waals surface area contributed by atoms with Crippen molar-refractivity contribution in [3.63, 3.8) is 0 Å². The SMILES string of the molecule is C/C=C\C(=C(/C=N)N(c1ccc(-c2ccc3[nH]c4ccccc4c3c2)cc1)c1ccccc1C(F)(F)F)C(F)(F)F. The second-order valence-corrected chi connectivity index (χ2v) is 9.27. The van der Waals surface area contributed by atoms with Crippen molar-refractivity contribution in [2.75, 3.05) is 4.90 Å². The highest BCUT2D eigenvalue weighted by Crippen LogP contribution is 2.43. The van der Waals surface area contributed by atoms with Gasteiger partial charge in [-0.2, -0.15) is 26.3 Å². The summed E-state index contributed by atoms with van der Waals surface area (Å²) in [4.78, 5) is 4.17. The number of rotatable bonds is 6. The Morgan fingerprint density at radius 1 is 0.756 bits per heavy atom. The van der Waals surface area contributed by atoms with Crippen LogP contribution in [0.4, 0.5) is 37.7 Å². The second-order valence-electron chi connectivity index (χ2n) is 9.27. The lowest BCUT2D eigenvalue weighted by Gasteiger charge is -2.30. The number of nitrogens with zero attached hydrogens (tertiary/aromatic N) is 1. The average Bonchev–Trinajstić information content (AvgIpc) is 3.32. The van der Waals surface area contributed by atoms with Crippen molar-refractivity contribution in [3.05, 3.63) is 120 Å². The predicted molar refractivity (Wildman–Crippen MR) is 152 cm³/mol. The van der Waals surface area contributed by atoms with Crippen LogP contribution in [0, 0.1) is 5.41 Å². The first-order valence-electron chi connectivity index (χ1n) is 12.5. The van der Waals surface area contributed by atoms with Crippen molar-refractivity contribution in [2.24, 2.45) is 0 Å². The summed E-state index contributed by atoms with van der Waals surface area (Å²) in [5.74, 6) is 0. The molecule has 208 valence electrons. The van der Waals surface area contributed by atoms with Gasteiger partial charge in [-0.1, -0.05) is 60.7 Å². The van der Waals surface area contributed by atoms with Gasteiger partial charge in [0.1, 0.15) is 0 Å². The Kier molecular flexibility index (Phi) is 7.21. The lowest BCUT2D eigenvalue weighted by Crippen LogP contribution is -2.26. The van der Waals surface area contributed by atoms with Gasteiger partial charge in [-0.25, -0.2) is 0 Å². The van der Waals surface area contributed by atoms with Crippen LogP contribution in [0.3, 0.4) is 0 Å². The summed E-state index contributed by atoms with van der Waals surface area (Å²) < 4.78 is 84.4. The molecule has 0 atom stereocenters. The fraction of sp³-hybridized carbons (Fsp3) is 0.0938. The van der Waals surface area contributed by atoms with E-state index in [1.165, 1.54) is 31.2 Å². The molecule has 4 aromatic carbocycles. The molecule has 0 aliphatic rings. The van der Waals surface area contributed by atoms with Crippen molar-refractivity contribution >= 4 is 39.4 Å². The predicted octanol–water partition coefficient (Wildman–Crippen LogP) is 10.2. The van der Waals surface area contributed by atoms with Crippen LogP contribution < -0.4 is 4.90 Å². The number of aromatic nitrogens is 1. The maximum atomic E-state index is 14.1. The van der Waals surface area contributed by atoms with Crippen LogP contribution in [-0.2, 0) is 6.18 Å². The molecule has 0 bridgehead atoms. The van der Waals surface area contributed by atoms with Gasteiger partial charge in [0.05, 0.1) is 22.5 Å². The number of allylic oxidation sites excluding steroid dienone is 4. The minimum Gasteiger partial charge on any atom is -0.355 e. The Labute approximate surface area is 231 Å². The first kappa shape index (κ1) is 27.8. The molecular formula is C32H23F6N3. The van der Waals surface area contributed by atoms with Crippen LogP contribution in [0.15, 0.2) is 114 Å². The van der Waals surface area contributed by atoms with Gasteiger partial charge in [0.25, 0.3) is 0 Å². The van der Waals surface area contributed by atoms with Gasteiger partial charge in [0.15, 0.2) is 0 Å². The van der Waals surface area contributed by atoms with Crippen LogP contribution in [0.2, 0.25) is 0 Å². The van der Waals surface area contributed by atoms with Crippen molar-refractivity contribution < 1.29 is 26.3 Å². The van der Waals surface area contributed by atoms with Gasteiger partial charge in [-0.05, 0) is 60.5 Å². The van der Waals surface area contributed by atoms with Crippen molar-refractivity contribution in [1.82, 2.24) is 4.98 Å². The highest BCUT2D eigenvalue weighted by Gasteiger charge is 2.39. The molecule has 5 rings (SSSR count). The summed E-state index contributed by atoms with van der Waals surface area (Å²) in [6.07, 6.45) is -7.48. The summed E-state index contributed by atoms with van der Waals surface area (Å²) in [6, 6.07) is 24.2. The Hall–Kier alpha value is -4.79. The number of nitrogens with one attached hydrogen (secondary N) is 2. The smallest absolute Gasteiger partial charge is 0.355 e. The molecule has 3 nitrogen and oxygen atoms in total. The zero-order valence-electron chi connectivity index (χ0n) is 21.6. The number of hydrogen-bond donors (Lipinski definition) is 2. The Balaban J connectivity index is 1.68. The molecule has 41 heavy (non-hydrogen) atoms. The standard InChI is InChI=1S/C32H23F6N3/c1-2-7-25(31(33,34)35)30(19-39)41(29-11-6-4-9-26(29)32(36,37)38)22-15-12-20(13-16-22)21-14-17-28-24(18-21)23-8-3-5-10-27(23)40-28/h2-19,39-40H,1H3/b7-2-,30-25-,39-19?. The first-order valence-corrected chi connectivity index (χ1v) is 12.5. The first-order chi connectivity index (χ1) is 19.5. The Morgan fingerprint density at radius 3 is 2.05 bits per heavy atom. The molecule has 1 heterocycles. The second kappa shape index (κ2) is 10.6. The van der Waals surface area contributed by atoms with E-state index in [1.807, 2.05) is 42.5 Å². The fourth-order valence-electron chi connectivity index (χ4n) is 4.90. The molecule has 5 aromatic rings. The summed E-state index contributed by atoms with van der Waals surface area (Å²) in [7, 11) is 0. The lowest BCUT2D eigenvalue weighted by molar-refractivity contribution is -0.137. The third kappa shape index (κ3) is 5.35. The molecule has 0 radical (unpaired) electrons. The molecular weight excluding hydrogens is 540 g/mol. The molecule has 0 saturated carbocycles. The number of para-hydroxylation sites is 2. The van der Waals surface area contributed by atoms with Gasteiger partial charge < -0.3 is 15.3 Å². The number of hydrogen-bond acceptors (Lipinski definition) is 2. The topological polar surface area (TPSA) is 42.9 Å². The molecule has 0 aliphatic heterocycles. The molecule has 1 aromatic heterocycles. The summed E-state index contributed by atoms with van der Waals surface area (Å²) in [5, 5.41) is 9.88. The number of benzene rings is 4. The molecule has 0 amide bonds. The number of aromatic amines is 1. The van der Waals surface area contributed by atoms with E-state index in [4.69, 9.17) is 5.41 Å². The maximum Gasteiger partial charge on any atom is 0.418 e. The Bertz CT molecular complexity index is 1790. The molecule has 0 fully saturated rings. The number of fused-ring (bicyclic) bond motifs is 3. The van der Waals surface area contributed by atoms with E-state index in [-0.39, 0.29) is 5.69 Å². The highest BCUT2D eigenvalue weighted by molar-refractivity contribution is 6.08. The van der Waals surface area contributed by atoms with Crippen LogP contribution in [0.1, 0.15) is 12.5 Å². The van der Waals surface area contributed by atoms with E-state index in [0.29, 0.717) is 6.21 Å². The van der Waals surface area contributed by atoms with Crippen molar-refractivity contribution in [2.45, 2.75) is 19.3 Å². The maximum absolute atomic E-state index is 14.1. The largest absolute Gasteiger partial charge is 0.418 e. The van der Waals surface area contributed by atoms with Gasteiger partial charge >= 0.3 is 12.4 Å². The van der Waals surface area contributed by atoms with Gasteiger partial charge in [0, 0.05) is 33.7 Å². The van der Waals surface area contributed by atoms with Crippen LogP contribution >= 0.6 is 0 Å². The summed E-state index contributed by atoms with van der Waals surface area (Å²) in [6.45, 7) is 1.36. The third-order valence-electron chi connectivity index (χ3n) is 6.71. The monoisotopic (exact) mass is 563 g/mol. The average molecular weight is 564 g/mol. The minimum atomic E-state index is -4.93. The number of alkyl halides is 6. The molecule has 9 heteroatoms. The normalized spacial score (nSPS) is 13.1. The highest BCUT2D eigenvalue weighted by atomic mass is 19.4. The molecule has 0 spiro atoms. The Morgan fingerprint density at radius 2 is 1.39 bits per heavy atom. The van der Waals surface area contributed by atoms with E-state index in [0.717, 1.165) is 62.1 Å². The molecule has 2 N–H and O–H groups in total. The summed E-state index contributed by atoms with van der Waals surface area (Å²) >= 11 is 0. The molecule has 0 aliphatic carbocycles. The van der Waals surface area contributed by atoms with Gasteiger partial charge in [-0.15, -0.1) is 0 Å². The van der Waals surface area contributed by atoms with E-state index in [2.05, 4.69) is 4.98 Å². The fourth-order valence-corrected chi connectivity index (χ4v) is 4.90. The van der Waals surface area contributed by atoms with E-state index in [1.54, 1.807) is 12.1 Å². The third-order valence-corrected chi connectivity index (χ3v) is 6.71. The van der Waals surface area contributed by atoms with Crippen molar-refractivity contribution in [1.29, 1.82) is 5.41 Å². The quantitative estimate of drug-likeness (QED) is 0.120. The lowest BCUT2D eigenvalue weighted by atomic mass is 10.0. The number of H-pyrrole nitrogens is 1. The van der Waals surface area contributed by atoms with E-state index >= 15 is 0 Å². The zero-order valence-corrected chi connectivity index (χ0v) is 21.6. The van der Waals surface area contributed by atoms with Crippen LogP contribution in [0.5, 0.6) is 0 Å². The van der Waals surface area contributed by atoms with E-state index in [9.17, 15) is 26.3 Å². The minimum absolute atomic E-state index is 0.0309. The van der Waals surface area contributed by atoms with Crippen LogP contribution in [0.25, 0.3) is 32.9 Å². The number of anilines is 2.